The molecule has 0 radical (unpaired) electrons. The molecule has 2 N–H and O–H groups in total. The molecule has 1 aliphatic rings. The highest BCUT2D eigenvalue weighted by atomic mass is 32.1. The van der Waals surface area contributed by atoms with Crippen LogP contribution in [-0.2, 0) is 4.79 Å². The summed E-state index contributed by atoms with van der Waals surface area (Å²) in [5, 5.41) is 7.01. The van der Waals surface area contributed by atoms with Gasteiger partial charge in [0.2, 0.25) is 5.91 Å². The van der Waals surface area contributed by atoms with E-state index in [1.807, 2.05) is 55.6 Å². The molecule has 0 spiro atoms. The summed E-state index contributed by atoms with van der Waals surface area (Å²) in [5.74, 6) is 0.485. The van der Waals surface area contributed by atoms with Gasteiger partial charge < -0.3 is 24.8 Å². The van der Waals surface area contributed by atoms with Crippen molar-refractivity contribution in [2.45, 2.75) is 39.3 Å². The molecule has 1 amide bonds. The number of carbonyl (C=O) groups is 1. The van der Waals surface area contributed by atoms with Crippen molar-refractivity contribution >= 4 is 34.6 Å². The number of aryl methyl sites for hydroxylation is 1. The molecule has 8 nitrogen and oxygen atoms in total. The monoisotopic (exact) mass is 526 g/mol. The maximum atomic E-state index is 12.0. The van der Waals surface area contributed by atoms with E-state index in [4.69, 9.17) is 17.0 Å². The number of ether oxygens (including phenoxy) is 1. The van der Waals surface area contributed by atoms with Gasteiger partial charge in [-0.05, 0) is 74.1 Å². The lowest BCUT2D eigenvalue weighted by Gasteiger charge is -2.29. The molecule has 1 saturated heterocycles. The van der Waals surface area contributed by atoms with E-state index in [1.165, 1.54) is 0 Å². The highest BCUT2D eigenvalue weighted by Gasteiger charge is 2.42. The third-order valence-electron chi connectivity index (χ3n) is 6.85. The van der Waals surface area contributed by atoms with Crippen molar-refractivity contribution < 1.29 is 9.53 Å². The van der Waals surface area contributed by atoms with E-state index in [0.717, 1.165) is 34.0 Å². The first-order chi connectivity index (χ1) is 18.4. The van der Waals surface area contributed by atoms with E-state index in [9.17, 15) is 4.79 Å². The third-order valence-corrected chi connectivity index (χ3v) is 7.16. The molecule has 0 bridgehead atoms. The van der Waals surface area contributed by atoms with Gasteiger partial charge in [-0.3, -0.25) is 14.8 Å². The van der Waals surface area contributed by atoms with E-state index in [0.29, 0.717) is 23.0 Å². The standard InChI is InChI=1S/C29H30N6O2S/c1-5-26(36)32-23-12-11-20(16-25(23)37-4)35-28(27(33-29(35)38)24-10-6-7-14-31-24)22-15-18(2)34(19(22)3)21-9-8-13-30-17-21/h6-17,27-28H,5H2,1-4H3,(H,32,36)(H,33,38)/t27-,28-/m1/s1. The second kappa shape index (κ2) is 10.6. The Labute approximate surface area is 227 Å². The molecular weight excluding hydrogens is 496 g/mol. The Morgan fingerprint density at radius 1 is 1.11 bits per heavy atom. The lowest BCUT2D eigenvalue weighted by molar-refractivity contribution is -0.115. The number of nitrogens with zero attached hydrogens (tertiary/aromatic N) is 4. The summed E-state index contributed by atoms with van der Waals surface area (Å²) in [6, 6.07) is 17.5. The summed E-state index contributed by atoms with van der Waals surface area (Å²) in [4.78, 5) is 23.1. The first-order valence-electron chi connectivity index (χ1n) is 12.5. The summed E-state index contributed by atoms with van der Waals surface area (Å²) >= 11 is 5.91. The molecule has 3 aromatic heterocycles. The van der Waals surface area contributed by atoms with Crippen LogP contribution in [0, 0.1) is 13.8 Å². The summed E-state index contributed by atoms with van der Waals surface area (Å²) in [7, 11) is 1.59. The average molecular weight is 527 g/mol. The molecule has 0 aliphatic carbocycles. The summed E-state index contributed by atoms with van der Waals surface area (Å²) in [6.45, 7) is 6.03. The van der Waals surface area contributed by atoms with Gasteiger partial charge in [-0.15, -0.1) is 0 Å². The van der Waals surface area contributed by atoms with Gasteiger partial charge in [0.05, 0.1) is 42.5 Å². The molecule has 1 fully saturated rings. The number of hydrogen-bond donors (Lipinski definition) is 2. The Hall–Kier alpha value is -4.24. The van der Waals surface area contributed by atoms with Gasteiger partial charge in [-0.25, -0.2) is 0 Å². The number of pyridine rings is 2. The zero-order chi connectivity index (χ0) is 26.8. The van der Waals surface area contributed by atoms with Crippen LogP contribution < -0.4 is 20.3 Å². The van der Waals surface area contributed by atoms with Crippen LogP contribution >= 0.6 is 12.2 Å². The van der Waals surface area contributed by atoms with Gasteiger partial charge >= 0.3 is 0 Å². The molecule has 38 heavy (non-hydrogen) atoms. The van der Waals surface area contributed by atoms with Crippen LogP contribution in [0.1, 0.15) is 48.1 Å². The number of amides is 1. The Bertz CT molecular complexity index is 1470. The average Bonchev–Trinajstić information content (AvgIpc) is 3.44. The molecular formula is C29H30N6O2S. The van der Waals surface area contributed by atoms with Crippen molar-refractivity contribution in [2.24, 2.45) is 0 Å². The van der Waals surface area contributed by atoms with Gasteiger partial charge in [0, 0.05) is 42.0 Å². The van der Waals surface area contributed by atoms with Gasteiger partial charge in [0.1, 0.15) is 5.75 Å². The van der Waals surface area contributed by atoms with Crippen molar-refractivity contribution in [3.05, 3.63) is 95.8 Å². The van der Waals surface area contributed by atoms with Gasteiger partial charge in [-0.2, -0.15) is 0 Å². The minimum absolute atomic E-state index is 0.0784. The molecule has 194 valence electrons. The number of rotatable bonds is 7. The number of benzene rings is 1. The molecule has 5 rings (SSSR count). The zero-order valence-electron chi connectivity index (χ0n) is 21.8. The Kier molecular flexibility index (Phi) is 7.11. The Balaban J connectivity index is 1.64. The third kappa shape index (κ3) is 4.61. The minimum atomic E-state index is -0.185. The Morgan fingerprint density at radius 2 is 1.95 bits per heavy atom. The van der Waals surface area contributed by atoms with E-state index in [-0.39, 0.29) is 18.0 Å². The van der Waals surface area contributed by atoms with E-state index in [2.05, 4.69) is 56.0 Å². The van der Waals surface area contributed by atoms with Crippen molar-refractivity contribution in [1.29, 1.82) is 0 Å². The van der Waals surface area contributed by atoms with Gasteiger partial charge in [0.25, 0.3) is 0 Å². The molecule has 0 saturated carbocycles. The predicted octanol–water partition coefficient (Wildman–Crippen LogP) is 5.42. The van der Waals surface area contributed by atoms with Crippen molar-refractivity contribution in [3.8, 4) is 11.4 Å². The number of thiocarbonyl (C=S) groups is 1. The summed E-state index contributed by atoms with van der Waals surface area (Å²) in [5.41, 5.74) is 6.68. The number of hydrogen-bond acceptors (Lipinski definition) is 5. The predicted molar refractivity (Wildman–Crippen MR) is 153 cm³/mol. The molecule has 2 atom stereocenters. The number of anilines is 2. The fourth-order valence-electron chi connectivity index (χ4n) is 5.09. The van der Waals surface area contributed by atoms with Crippen molar-refractivity contribution in [1.82, 2.24) is 19.9 Å². The molecule has 4 heterocycles. The molecule has 9 heteroatoms. The molecule has 4 aromatic rings. The van der Waals surface area contributed by atoms with Crippen molar-refractivity contribution in [2.75, 3.05) is 17.3 Å². The number of carbonyl (C=O) groups excluding carboxylic acids is 1. The highest BCUT2D eigenvalue weighted by Crippen LogP contribution is 2.45. The molecule has 1 aromatic carbocycles. The SMILES string of the molecule is CCC(=O)Nc1ccc(N2C(=S)N[C@H](c3ccccn3)[C@H]2c2cc(C)n(-c3cccnc3)c2C)cc1OC. The maximum Gasteiger partial charge on any atom is 0.224 e. The Morgan fingerprint density at radius 3 is 2.63 bits per heavy atom. The van der Waals surface area contributed by atoms with Crippen LogP contribution in [0.2, 0.25) is 0 Å². The zero-order valence-corrected chi connectivity index (χ0v) is 22.6. The van der Waals surface area contributed by atoms with E-state index < -0.39 is 0 Å². The summed E-state index contributed by atoms with van der Waals surface area (Å²) < 4.78 is 7.86. The highest BCUT2D eigenvalue weighted by molar-refractivity contribution is 7.80. The lowest BCUT2D eigenvalue weighted by Crippen LogP contribution is -2.29. The van der Waals surface area contributed by atoms with E-state index >= 15 is 0 Å². The second-order valence-electron chi connectivity index (χ2n) is 9.16. The number of aromatic nitrogens is 3. The first kappa shape index (κ1) is 25.4. The van der Waals surface area contributed by atoms with Gasteiger partial charge in [-0.1, -0.05) is 13.0 Å². The topological polar surface area (TPSA) is 84.3 Å². The minimum Gasteiger partial charge on any atom is -0.494 e. The van der Waals surface area contributed by atoms with Crippen molar-refractivity contribution in [3.63, 3.8) is 0 Å². The first-order valence-corrected chi connectivity index (χ1v) is 12.9. The normalized spacial score (nSPS) is 16.8. The fourth-order valence-corrected chi connectivity index (χ4v) is 5.44. The van der Waals surface area contributed by atoms with Crippen LogP contribution in [0.15, 0.2) is 73.2 Å². The van der Waals surface area contributed by atoms with E-state index in [1.54, 1.807) is 19.5 Å². The van der Waals surface area contributed by atoms with Crippen LogP contribution in [-0.4, -0.2) is 32.7 Å². The number of nitrogens with one attached hydrogen (secondary N) is 2. The van der Waals surface area contributed by atoms with Crippen LogP contribution in [0.25, 0.3) is 5.69 Å². The number of methoxy groups -OCH3 is 1. The quantitative estimate of drug-likeness (QED) is 0.311. The second-order valence-corrected chi connectivity index (χ2v) is 9.54. The van der Waals surface area contributed by atoms with Gasteiger partial charge in [0.15, 0.2) is 5.11 Å². The van der Waals surface area contributed by atoms with Crippen LogP contribution in [0.3, 0.4) is 0 Å². The van der Waals surface area contributed by atoms with Crippen LogP contribution in [0.5, 0.6) is 5.75 Å². The fraction of sp³-hybridized carbons (Fsp3) is 0.241. The molecule has 0 unspecified atom stereocenters. The van der Waals surface area contributed by atoms with Crippen LogP contribution in [0.4, 0.5) is 11.4 Å². The maximum absolute atomic E-state index is 12.0. The lowest BCUT2D eigenvalue weighted by atomic mass is 9.96. The summed E-state index contributed by atoms with van der Waals surface area (Å²) in [6.07, 6.45) is 5.82. The molecule has 1 aliphatic heterocycles. The largest absolute Gasteiger partial charge is 0.494 e. The smallest absolute Gasteiger partial charge is 0.224 e.